The van der Waals surface area contributed by atoms with Gasteiger partial charge < -0.3 is 10.2 Å². The Bertz CT molecular complexity index is 466. The number of carbonyl (C=O) groups excluding carboxylic acids is 1. The SMILES string of the molecule is CCCc1nc(Cl)cc(NC2CCC(=O)N(C)C2)n1. The molecule has 0 radical (unpaired) electrons. The van der Waals surface area contributed by atoms with Crippen LogP contribution in [0.2, 0.25) is 5.15 Å². The first-order chi connectivity index (χ1) is 9.08. The van der Waals surface area contributed by atoms with Crippen molar-refractivity contribution < 1.29 is 4.79 Å². The molecule has 0 aliphatic carbocycles. The molecule has 1 saturated heterocycles. The van der Waals surface area contributed by atoms with Crippen LogP contribution in [0, 0.1) is 0 Å². The topological polar surface area (TPSA) is 58.1 Å². The first-order valence-corrected chi connectivity index (χ1v) is 7.00. The van der Waals surface area contributed by atoms with Gasteiger partial charge >= 0.3 is 0 Å². The maximum Gasteiger partial charge on any atom is 0.222 e. The number of anilines is 1. The number of likely N-dealkylation sites (tertiary alicyclic amines) is 1. The van der Waals surface area contributed by atoms with Crippen molar-refractivity contribution in [2.75, 3.05) is 18.9 Å². The fourth-order valence-corrected chi connectivity index (χ4v) is 2.41. The molecule has 1 aliphatic heterocycles. The molecule has 1 fully saturated rings. The Kier molecular flexibility index (Phi) is 4.58. The summed E-state index contributed by atoms with van der Waals surface area (Å²) in [5, 5.41) is 3.80. The molecule has 5 nitrogen and oxygen atoms in total. The van der Waals surface area contributed by atoms with Crippen LogP contribution in [0.5, 0.6) is 0 Å². The molecule has 0 aromatic carbocycles. The number of amides is 1. The van der Waals surface area contributed by atoms with Crippen LogP contribution in [-0.2, 0) is 11.2 Å². The number of halogens is 1. The molecule has 0 saturated carbocycles. The van der Waals surface area contributed by atoms with E-state index in [1.54, 1.807) is 11.0 Å². The molecule has 1 atom stereocenters. The van der Waals surface area contributed by atoms with Crippen LogP contribution < -0.4 is 5.32 Å². The third-order valence-electron chi connectivity index (χ3n) is 3.19. The van der Waals surface area contributed by atoms with E-state index in [0.717, 1.165) is 30.9 Å². The van der Waals surface area contributed by atoms with Crippen LogP contribution in [0.25, 0.3) is 0 Å². The monoisotopic (exact) mass is 282 g/mol. The van der Waals surface area contributed by atoms with E-state index in [-0.39, 0.29) is 11.9 Å². The molecule has 1 amide bonds. The standard InChI is InChI=1S/C13H19ClN4O/c1-3-4-11-16-10(14)7-12(17-11)15-9-5-6-13(19)18(2)8-9/h7,9H,3-6,8H2,1-2H3,(H,15,16,17). The first-order valence-electron chi connectivity index (χ1n) is 6.62. The van der Waals surface area contributed by atoms with Gasteiger partial charge in [0.05, 0.1) is 0 Å². The largest absolute Gasteiger partial charge is 0.365 e. The normalized spacial score (nSPS) is 19.6. The summed E-state index contributed by atoms with van der Waals surface area (Å²) in [7, 11) is 1.83. The van der Waals surface area contributed by atoms with Gasteiger partial charge in [0.2, 0.25) is 5.91 Å². The number of likely N-dealkylation sites (N-methyl/N-ethyl adjacent to an activating group) is 1. The second kappa shape index (κ2) is 6.19. The number of aryl methyl sites for hydroxylation is 1. The number of piperidine rings is 1. The highest BCUT2D eigenvalue weighted by Crippen LogP contribution is 2.17. The van der Waals surface area contributed by atoms with Gasteiger partial charge in [-0.15, -0.1) is 0 Å². The van der Waals surface area contributed by atoms with E-state index in [0.29, 0.717) is 18.1 Å². The van der Waals surface area contributed by atoms with Gasteiger partial charge in [-0.1, -0.05) is 18.5 Å². The highest BCUT2D eigenvalue weighted by atomic mass is 35.5. The highest BCUT2D eigenvalue weighted by Gasteiger charge is 2.23. The molecule has 0 spiro atoms. The van der Waals surface area contributed by atoms with Crippen molar-refractivity contribution >= 4 is 23.3 Å². The van der Waals surface area contributed by atoms with Gasteiger partial charge in [-0.3, -0.25) is 4.79 Å². The minimum atomic E-state index is 0.199. The highest BCUT2D eigenvalue weighted by molar-refractivity contribution is 6.29. The zero-order valence-electron chi connectivity index (χ0n) is 11.3. The van der Waals surface area contributed by atoms with Gasteiger partial charge in [-0.05, 0) is 12.8 Å². The number of hydrogen-bond acceptors (Lipinski definition) is 4. The van der Waals surface area contributed by atoms with Crippen molar-refractivity contribution in [2.45, 2.75) is 38.6 Å². The summed E-state index contributed by atoms with van der Waals surface area (Å²) < 4.78 is 0. The Morgan fingerprint density at radius 3 is 3.00 bits per heavy atom. The van der Waals surface area contributed by atoms with Crippen LogP contribution in [0.4, 0.5) is 5.82 Å². The molecule has 2 heterocycles. The Balaban J connectivity index is 2.04. The number of nitrogens with zero attached hydrogens (tertiary/aromatic N) is 3. The summed E-state index contributed by atoms with van der Waals surface area (Å²) in [5.74, 6) is 1.71. The van der Waals surface area contributed by atoms with Gasteiger partial charge in [0.1, 0.15) is 16.8 Å². The van der Waals surface area contributed by atoms with Crippen molar-refractivity contribution in [3.63, 3.8) is 0 Å². The second-order valence-electron chi connectivity index (χ2n) is 4.90. The Morgan fingerprint density at radius 2 is 2.32 bits per heavy atom. The summed E-state index contributed by atoms with van der Waals surface area (Å²) >= 11 is 6.00. The van der Waals surface area contributed by atoms with Gasteiger partial charge in [-0.2, -0.15) is 0 Å². The smallest absolute Gasteiger partial charge is 0.222 e. The number of carbonyl (C=O) groups is 1. The minimum Gasteiger partial charge on any atom is -0.365 e. The lowest BCUT2D eigenvalue weighted by atomic mass is 10.1. The molecule has 1 aliphatic rings. The van der Waals surface area contributed by atoms with Crippen LogP contribution in [-0.4, -0.2) is 40.4 Å². The number of rotatable bonds is 4. The summed E-state index contributed by atoms with van der Waals surface area (Å²) in [6.45, 7) is 2.78. The van der Waals surface area contributed by atoms with Crippen molar-refractivity contribution in [1.29, 1.82) is 0 Å². The summed E-state index contributed by atoms with van der Waals surface area (Å²) in [6, 6.07) is 1.96. The molecule has 2 rings (SSSR count). The van der Waals surface area contributed by atoms with E-state index in [1.165, 1.54) is 0 Å². The predicted molar refractivity (Wildman–Crippen MR) is 75.3 cm³/mol. The van der Waals surface area contributed by atoms with Crippen molar-refractivity contribution in [2.24, 2.45) is 0 Å². The fraction of sp³-hybridized carbons (Fsp3) is 0.615. The Hall–Kier alpha value is -1.36. The molecule has 104 valence electrons. The molecule has 1 aromatic rings. The lowest BCUT2D eigenvalue weighted by Gasteiger charge is -2.30. The van der Waals surface area contributed by atoms with E-state index < -0.39 is 0 Å². The van der Waals surface area contributed by atoms with E-state index in [4.69, 9.17) is 11.6 Å². The second-order valence-corrected chi connectivity index (χ2v) is 5.28. The average Bonchev–Trinajstić information content (AvgIpc) is 2.33. The van der Waals surface area contributed by atoms with Crippen LogP contribution in [0.15, 0.2) is 6.07 Å². The van der Waals surface area contributed by atoms with Gasteiger partial charge in [-0.25, -0.2) is 9.97 Å². The molecule has 0 bridgehead atoms. The lowest BCUT2D eigenvalue weighted by Crippen LogP contribution is -2.43. The summed E-state index contributed by atoms with van der Waals surface area (Å²) in [4.78, 5) is 21.8. The lowest BCUT2D eigenvalue weighted by molar-refractivity contribution is -0.132. The summed E-state index contributed by atoms with van der Waals surface area (Å²) in [6.07, 6.45) is 3.21. The first kappa shape index (κ1) is 14.1. The number of aromatic nitrogens is 2. The molecule has 1 unspecified atom stereocenters. The van der Waals surface area contributed by atoms with Gasteiger partial charge in [0.15, 0.2) is 0 Å². The number of hydrogen-bond donors (Lipinski definition) is 1. The number of nitrogens with one attached hydrogen (secondary N) is 1. The summed E-state index contributed by atoms with van der Waals surface area (Å²) in [5.41, 5.74) is 0. The van der Waals surface area contributed by atoms with Crippen molar-refractivity contribution in [3.05, 3.63) is 17.0 Å². The van der Waals surface area contributed by atoms with E-state index in [1.807, 2.05) is 7.05 Å². The fourth-order valence-electron chi connectivity index (χ4n) is 2.21. The zero-order chi connectivity index (χ0) is 13.8. The predicted octanol–water partition coefficient (Wildman–Crippen LogP) is 2.12. The van der Waals surface area contributed by atoms with Gasteiger partial charge in [0.25, 0.3) is 0 Å². The van der Waals surface area contributed by atoms with Crippen LogP contribution in [0.3, 0.4) is 0 Å². The van der Waals surface area contributed by atoms with Gasteiger partial charge in [0, 0.05) is 38.5 Å². The molecule has 6 heteroatoms. The quantitative estimate of drug-likeness (QED) is 0.860. The van der Waals surface area contributed by atoms with Crippen molar-refractivity contribution in [1.82, 2.24) is 14.9 Å². The third kappa shape index (κ3) is 3.80. The van der Waals surface area contributed by atoms with E-state index >= 15 is 0 Å². The molecule has 19 heavy (non-hydrogen) atoms. The zero-order valence-corrected chi connectivity index (χ0v) is 12.1. The maximum atomic E-state index is 11.4. The molecular formula is C13H19ClN4O. The van der Waals surface area contributed by atoms with Crippen LogP contribution in [0.1, 0.15) is 32.0 Å². The molecular weight excluding hydrogens is 264 g/mol. The molecule has 1 N–H and O–H groups in total. The molecule has 1 aromatic heterocycles. The minimum absolute atomic E-state index is 0.199. The van der Waals surface area contributed by atoms with Crippen molar-refractivity contribution in [3.8, 4) is 0 Å². The average molecular weight is 283 g/mol. The van der Waals surface area contributed by atoms with E-state index in [2.05, 4.69) is 22.2 Å². The third-order valence-corrected chi connectivity index (χ3v) is 3.39. The van der Waals surface area contributed by atoms with E-state index in [9.17, 15) is 4.79 Å². The Labute approximate surface area is 118 Å². The Morgan fingerprint density at radius 1 is 1.53 bits per heavy atom. The van der Waals surface area contributed by atoms with Crippen LogP contribution >= 0.6 is 11.6 Å². The maximum absolute atomic E-state index is 11.4.